The highest BCUT2D eigenvalue weighted by Gasteiger charge is 2.11. The van der Waals surface area contributed by atoms with Crippen LogP contribution in [-0.2, 0) is 9.53 Å². The van der Waals surface area contributed by atoms with Crippen LogP contribution in [0.1, 0.15) is 45.1 Å². The van der Waals surface area contributed by atoms with E-state index >= 15 is 0 Å². The number of ether oxygens (including phenoxy) is 2. The van der Waals surface area contributed by atoms with Crippen molar-refractivity contribution in [1.29, 1.82) is 0 Å². The summed E-state index contributed by atoms with van der Waals surface area (Å²) in [6, 6.07) is 5.31. The highest BCUT2D eigenvalue weighted by atomic mass is 35.5. The summed E-state index contributed by atoms with van der Waals surface area (Å²) in [5, 5.41) is 0.657. The number of carbonyl (C=O) groups excluding carboxylic acids is 1. The van der Waals surface area contributed by atoms with Crippen LogP contribution >= 0.6 is 11.6 Å². The molecule has 0 spiro atoms. The first-order chi connectivity index (χ1) is 10.1. The van der Waals surface area contributed by atoms with Crippen LogP contribution in [0.4, 0.5) is 0 Å². The number of halogens is 1. The Labute approximate surface area is 132 Å². The molecule has 1 aromatic rings. The van der Waals surface area contributed by atoms with Gasteiger partial charge in [-0.1, -0.05) is 44.7 Å². The highest BCUT2D eigenvalue weighted by Crippen LogP contribution is 2.21. The molecule has 21 heavy (non-hydrogen) atoms. The second-order valence-corrected chi connectivity index (χ2v) is 5.73. The molecule has 0 saturated carbocycles. The zero-order valence-electron chi connectivity index (χ0n) is 13.2. The van der Waals surface area contributed by atoms with Gasteiger partial charge < -0.3 is 9.47 Å². The van der Waals surface area contributed by atoms with Gasteiger partial charge in [-0.15, -0.1) is 0 Å². The minimum atomic E-state index is -0.320. The largest absolute Gasteiger partial charge is 0.482 e. The molecule has 0 N–H and O–H groups in total. The number of esters is 1. The summed E-state index contributed by atoms with van der Waals surface area (Å²) < 4.78 is 10.8. The first-order valence-electron chi connectivity index (χ1n) is 7.61. The predicted octanol–water partition coefficient (Wildman–Crippen LogP) is 4.79. The Kier molecular flexibility index (Phi) is 8.21. The van der Waals surface area contributed by atoms with Crippen LogP contribution in [0.3, 0.4) is 0 Å². The van der Waals surface area contributed by atoms with E-state index in [2.05, 4.69) is 13.8 Å². The molecular formula is C17H25ClO3. The van der Waals surface area contributed by atoms with Crippen LogP contribution in [0.25, 0.3) is 0 Å². The van der Waals surface area contributed by atoms with E-state index in [1.165, 1.54) is 12.8 Å². The van der Waals surface area contributed by atoms with Gasteiger partial charge in [0.15, 0.2) is 6.61 Å². The Morgan fingerprint density at radius 3 is 2.71 bits per heavy atom. The van der Waals surface area contributed by atoms with E-state index in [0.29, 0.717) is 23.3 Å². The maximum absolute atomic E-state index is 11.7. The molecule has 0 aliphatic heterocycles. The second-order valence-electron chi connectivity index (χ2n) is 5.30. The van der Waals surface area contributed by atoms with Crippen molar-refractivity contribution in [2.45, 2.75) is 46.5 Å². The van der Waals surface area contributed by atoms with Crippen molar-refractivity contribution in [3.63, 3.8) is 0 Å². The third kappa shape index (κ3) is 6.85. The first kappa shape index (κ1) is 17.8. The molecule has 0 saturated heterocycles. The zero-order chi connectivity index (χ0) is 15.7. The molecule has 0 unspecified atom stereocenters. The van der Waals surface area contributed by atoms with Crippen molar-refractivity contribution < 1.29 is 14.3 Å². The van der Waals surface area contributed by atoms with Gasteiger partial charge >= 0.3 is 5.97 Å². The second kappa shape index (κ2) is 9.67. The van der Waals surface area contributed by atoms with Gasteiger partial charge in [0, 0.05) is 5.02 Å². The number of benzene rings is 1. The van der Waals surface area contributed by atoms with E-state index in [1.807, 2.05) is 6.92 Å². The Morgan fingerprint density at radius 1 is 1.33 bits per heavy atom. The van der Waals surface area contributed by atoms with E-state index in [0.717, 1.165) is 18.4 Å². The van der Waals surface area contributed by atoms with Crippen molar-refractivity contribution >= 4 is 17.6 Å². The topological polar surface area (TPSA) is 35.5 Å². The van der Waals surface area contributed by atoms with Crippen molar-refractivity contribution in [1.82, 2.24) is 0 Å². The van der Waals surface area contributed by atoms with Gasteiger partial charge in [-0.05, 0) is 43.0 Å². The molecule has 1 rings (SSSR count). The number of hydrogen-bond acceptors (Lipinski definition) is 3. The summed E-state index contributed by atoms with van der Waals surface area (Å²) in [6.07, 6.45) is 4.49. The standard InChI is InChI=1S/C17H25ClO3/c1-4-6-7-14(5-2)11-21-17(19)12-20-16-9-8-15(18)10-13(16)3/h8-10,14H,4-7,11-12H2,1-3H3/t14-/m0/s1. The van der Waals surface area contributed by atoms with Crippen LogP contribution in [0.5, 0.6) is 5.75 Å². The van der Waals surface area contributed by atoms with E-state index in [4.69, 9.17) is 21.1 Å². The molecule has 0 heterocycles. The van der Waals surface area contributed by atoms with Crippen molar-refractivity contribution in [3.05, 3.63) is 28.8 Å². The predicted molar refractivity (Wildman–Crippen MR) is 85.9 cm³/mol. The quantitative estimate of drug-likeness (QED) is 0.615. The summed E-state index contributed by atoms with van der Waals surface area (Å²) in [6.45, 7) is 6.61. The molecular weight excluding hydrogens is 288 g/mol. The molecule has 0 radical (unpaired) electrons. The fourth-order valence-electron chi connectivity index (χ4n) is 2.06. The molecule has 118 valence electrons. The maximum Gasteiger partial charge on any atom is 0.344 e. The van der Waals surface area contributed by atoms with Crippen LogP contribution in [0.15, 0.2) is 18.2 Å². The van der Waals surface area contributed by atoms with Crippen molar-refractivity contribution in [3.8, 4) is 5.75 Å². The normalized spacial score (nSPS) is 12.0. The summed E-state index contributed by atoms with van der Waals surface area (Å²) in [4.78, 5) is 11.7. The lowest BCUT2D eigenvalue weighted by Gasteiger charge is -2.15. The van der Waals surface area contributed by atoms with E-state index in [-0.39, 0.29) is 12.6 Å². The maximum atomic E-state index is 11.7. The summed E-state index contributed by atoms with van der Waals surface area (Å²) >= 11 is 5.87. The molecule has 3 nitrogen and oxygen atoms in total. The summed E-state index contributed by atoms with van der Waals surface area (Å²) in [7, 11) is 0. The van der Waals surface area contributed by atoms with Crippen LogP contribution in [-0.4, -0.2) is 19.2 Å². The fraction of sp³-hybridized carbons (Fsp3) is 0.588. The van der Waals surface area contributed by atoms with Gasteiger partial charge in [-0.3, -0.25) is 0 Å². The smallest absolute Gasteiger partial charge is 0.344 e. The first-order valence-corrected chi connectivity index (χ1v) is 7.99. The van der Waals surface area contributed by atoms with Crippen LogP contribution < -0.4 is 4.74 Å². The molecule has 0 fully saturated rings. The Morgan fingerprint density at radius 2 is 2.10 bits per heavy atom. The lowest BCUT2D eigenvalue weighted by atomic mass is 10.0. The minimum absolute atomic E-state index is 0.0628. The van der Waals surface area contributed by atoms with Gasteiger partial charge in [-0.25, -0.2) is 4.79 Å². The molecule has 1 atom stereocenters. The van der Waals surface area contributed by atoms with Crippen molar-refractivity contribution in [2.75, 3.05) is 13.2 Å². The van der Waals surface area contributed by atoms with Gasteiger partial charge in [0.1, 0.15) is 5.75 Å². The molecule has 0 aliphatic carbocycles. The molecule has 0 aliphatic rings. The molecule has 0 bridgehead atoms. The van der Waals surface area contributed by atoms with Gasteiger partial charge in [0.05, 0.1) is 6.61 Å². The van der Waals surface area contributed by atoms with Crippen LogP contribution in [0.2, 0.25) is 5.02 Å². The van der Waals surface area contributed by atoms with Crippen molar-refractivity contribution in [2.24, 2.45) is 5.92 Å². The Hall–Kier alpha value is -1.22. The van der Waals surface area contributed by atoms with Gasteiger partial charge in [0.2, 0.25) is 0 Å². The fourth-order valence-corrected chi connectivity index (χ4v) is 2.29. The van der Waals surface area contributed by atoms with Crippen LogP contribution in [0, 0.1) is 12.8 Å². The number of aryl methyl sites for hydroxylation is 1. The zero-order valence-corrected chi connectivity index (χ0v) is 13.9. The number of rotatable bonds is 9. The average molecular weight is 313 g/mol. The monoisotopic (exact) mass is 312 g/mol. The van der Waals surface area contributed by atoms with Gasteiger partial charge in [0.25, 0.3) is 0 Å². The Balaban J connectivity index is 2.33. The van der Waals surface area contributed by atoms with E-state index in [1.54, 1.807) is 18.2 Å². The molecule has 4 heteroatoms. The highest BCUT2D eigenvalue weighted by molar-refractivity contribution is 6.30. The molecule has 0 aromatic heterocycles. The lowest BCUT2D eigenvalue weighted by molar-refractivity contribution is -0.147. The van der Waals surface area contributed by atoms with E-state index in [9.17, 15) is 4.79 Å². The van der Waals surface area contributed by atoms with E-state index < -0.39 is 0 Å². The number of carbonyl (C=O) groups is 1. The third-order valence-corrected chi connectivity index (χ3v) is 3.74. The lowest BCUT2D eigenvalue weighted by Crippen LogP contribution is -2.19. The SMILES string of the molecule is CCCC[C@H](CC)COC(=O)COc1ccc(Cl)cc1C. The number of unbranched alkanes of at least 4 members (excludes halogenated alkanes) is 1. The molecule has 0 amide bonds. The summed E-state index contributed by atoms with van der Waals surface area (Å²) in [5.74, 6) is 0.792. The summed E-state index contributed by atoms with van der Waals surface area (Å²) in [5.41, 5.74) is 0.907. The average Bonchev–Trinajstić information content (AvgIpc) is 2.46. The third-order valence-electron chi connectivity index (χ3n) is 3.51. The van der Waals surface area contributed by atoms with Gasteiger partial charge in [-0.2, -0.15) is 0 Å². The minimum Gasteiger partial charge on any atom is -0.482 e. The molecule has 1 aromatic carbocycles. The number of hydrogen-bond donors (Lipinski definition) is 0. The Bertz CT molecular complexity index is 446.